The van der Waals surface area contributed by atoms with E-state index in [2.05, 4.69) is 24.1 Å². The summed E-state index contributed by atoms with van der Waals surface area (Å²) in [6.07, 6.45) is 8.18. The molecule has 1 N–H and O–H groups in total. The summed E-state index contributed by atoms with van der Waals surface area (Å²) >= 11 is 0. The zero-order valence-electron chi connectivity index (χ0n) is 17.8. The van der Waals surface area contributed by atoms with Crippen molar-refractivity contribution in [2.75, 3.05) is 13.2 Å². The van der Waals surface area contributed by atoms with Gasteiger partial charge in [-0.3, -0.25) is 9.59 Å². The Morgan fingerprint density at radius 2 is 2.00 bits per heavy atom. The third-order valence-corrected chi connectivity index (χ3v) is 7.28. The number of rotatable bonds is 5. The van der Waals surface area contributed by atoms with Crippen LogP contribution in [0.15, 0.2) is 24.3 Å². The molecule has 1 spiro atoms. The number of hydrogen-bond acceptors (Lipinski definition) is 3. The van der Waals surface area contributed by atoms with E-state index in [-0.39, 0.29) is 29.9 Å². The molecule has 29 heavy (non-hydrogen) atoms. The largest absolute Gasteiger partial charge is 0.376 e. The normalized spacial score (nSPS) is 27.0. The van der Waals surface area contributed by atoms with Gasteiger partial charge >= 0.3 is 0 Å². The number of hydrogen-bond donors (Lipinski definition) is 1. The summed E-state index contributed by atoms with van der Waals surface area (Å²) in [5.41, 5.74) is 1.18. The Morgan fingerprint density at radius 1 is 1.24 bits per heavy atom. The third-order valence-electron chi connectivity index (χ3n) is 7.28. The highest BCUT2D eigenvalue weighted by molar-refractivity contribution is 6.02. The molecule has 2 heterocycles. The van der Waals surface area contributed by atoms with Crippen LogP contribution in [0.3, 0.4) is 0 Å². The van der Waals surface area contributed by atoms with Gasteiger partial charge < -0.3 is 15.0 Å². The average molecular weight is 399 g/mol. The molecule has 3 aliphatic rings. The molecule has 3 atom stereocenters. The predicted molar refractivity (Wildman–Crippen MR) is 113 cm³/mol. The van der Waals surface area contributed by atoms with Crippen molar-refractivity contribution >= 4 is 11.8 Å². The van der Waals surface area contributed by atoms with Gasteiger partial charge in [0.25, 0.3) is 5.91 Å². The van der Waals surface area contributed by atoms with Crippen molar-refractivity contribution in [3.63, 3.8) is 0 Å². The summed E-state index contributed by atoms with van der Waals surface area (Å²) in [5.74, 6) is -0.164. The topological polar surface area (TPSA) is 58.6 Å². The average Bonchev–Trinajstić information content (AvgIpc) is 3.26. The van der Waals surface area contributed by atoms with Gasteiger partial charge in [0, 0.05) is 24.8 Å². The molecule has 5 heteroatoms. The van der Waals surface area contributed by atoms with Gasteiger partial charge in [0.2, 0.25) is 5.91 Å². The minimum Gasteiger partial charge on any atom is -0.376 e. The summed E-state index contributed by atoms with van der Waals surface area (Å²) in [4.78, 5) is 29.3. The van der Waals surface area contributed by atoms with Crippen LogP contribution in [-0.4, -0.2) is 47.6 Å². The van der Waals surface area contributed by atoms with Crippen LogP contribution in [0.5, 0.6) is 0 Å². The number of amides is 2. The van der Waals surface area contributed by atoms with Crippen molar-refractivity contribution in [2.45, 2.75) is 88.8 Å². The van der Waals surface area contributed by atoms with Crippen molar-refractivity contribution in [1.29, 1.82) is 0 Å². The van der Waals surface area contributed by atoms with E-state index >= 15 is 0 Å². The number of carbonyl (C=O) groups is 2. The summed E-state index contributed by atoms with van der Waals surface area (Å²) in [6.45, 7) is 5.60. The Morgan fingerprint density at radius 3 is 2.69 bits per heavy atom. The maximum Gasteiger partial charge on any atom is 0.254 e. The molecule has 2 fully saturated rings. The van der Waals surface area contributed by atoms with E-state index in [4.69, 9.17) is 4.74 Å². The molecule has 0 radical (unpaired) electrons. The minimum atomic E-state index is -0.417. The Balaban J connectivity index is 1.74. The second kappa shape index (κ2) is 8.47. The lowest BCUT2D eigenvalue weighted by Gasteiger charge is -2.55. The SMILES string of the molecule is CC[C@@H](C)N1C(=O)c2ccccc2[C@@H](C(=O)NC[C@@H]2CCCO2)C12CCCCC2. The molecule has 1 aromatic carbocycles. The standard InChI is InChI=1S/C24H34N2O3/c1-3-17(2)26-23(28)20-12-6-5-11-19(20)21(24(26)13-7-4-8-14-24)22(27)25-16-18-10-9-15-29-18/h5-6,11-12,17-18,21H,3-4,7-10,13-16H2,1-2H3,(H,25,27)/t17-,18+,21+/m1/s1. The van der Waals surface area contributed by atoms with Gasteiger partial charge in [-0.1, -0.05) is 44.4 Å². The molecule has 2 amide bonds. The number of carbonyl (C=O) groups excluding carboxylic acids is 2. The number of benzene rings is 1. The molecule has 158 valence electrons. The number of fused-ring (bicyclic) bond motifs is 1. The molecular weight excluding hydrogens is 364 g/mol. The maximum atomic E-state index is 13.6. The smallest absolute Gasteiger partial charge is 0.254 e. The highest BCUT2D eigenvalue weighted by Gasteiger charge is 2.55. The quantitative estimate of drug-likeness (QED) is 0.815. The van der Waals surface area contributed by atoms with Crippen LogP contribution in [0.4, 0.5) is 0 Å². The second-order valence-electron chi connectivity index (χ2n) is 9.00. The van der Waals surface area contributed by atoms with Crippen LogP contribution < -0.4 is 5.32 Å². The van der Waals surface area contributed by atoms with Crippen molar-refractivity contribution in [3.05, 3.63) is 35.4 Å². The summed E-state index contributed by atoms with van der Waals surface area (Å²) < 4.78 is 5.71. The maximum absolute atomic E-state index is 13.6. The third kappa shape index (κ3) is 3.58. The van der Waals surface area contributed by atoms with Crippen LogP contribution in [0, 0.1) is 0 Å². The summed E-state index contributed by atoms with van der Waals surface area (Å²) in [6, 6.07) is 7.87. The van der Waals surface area contributed by atoms with Crippen LogP contribution >= 0.6 is 0 Å². The first kappa shape index (κ1) is 20.4. The lowest BCUT2D eigenvalue weighted by molar-refractivity contribution is -0.128. The van der Waals surface area contributed by atoms with E-state index in [0.29, 0.717) is 12.1 Å². The molecule has 1 saturated heterocycles. The molecular formula is C24H34N2O3. The van der Waals surface area contributed by atoms with Crippen molar-refractivity contribution < 1.29 is 14.3 Å². The van der Waals surface area contributed by atoms with Crippen LogP contribution in [0.25, 0.3) is 0 Å². The lowest BCUT2D eigenvalue weighted by Crippen LogP contribution is -2.65. The Bertz CT molecular complexity index is 750. The molecule has 4 rings (SSSR count). The summed E-state index contributed by atoms with van der Waals surface area (Å²) in [5, 5.41) is 3.20. The minimum absolute atomic E-state index is 0.0515. The first-order valence-electron chi connectivity index (χ1n) is 11.4. The van der Waals surface area contributed by atoms with Gasteiger partial charge in [-0.05, 0) is 50.7 Å². The Labute approximate surface area is 174 Å². The first-order valence-corrected chi connectivity index (χ1v) is 11.4. The fourth-order valence-electron chi connectivity index (χ4n) is 5.73. The van der Waals surface area contributed by atoms with Crippen molar-refractivity contribution in [1.82, 2.24) is 10.2 Å². The molecule has 0 bridgehead atoms. The van der Waals surface area contributed by atoms with Crippen LogP contribution in [-0.2, 0) is 9.53 Å². The molecule has 5 nitrogen and oxygen atoms in total. The lowest BCUT2D eigenvalue weighted by atomic mass is 9.64. The Hall–Kier alpha value is -1.88. The highest BCUT2D eigenvalue weighted by Crippen LogP contribution is 2.50. The fraction of sp³-hybridized carbons (Fsp3) is 0.667. The van der Waals surface area contributed by atoms with Gasteiger partial charge in [0.1, 0.15) is 0 Å². The number of nitrogens with one attached hydrogen (secondary N) is 1. The predicted octanol–water partition coefficient (Wildman–Crippen LogP) is 4.02. The zero-order chi connectivity index (χ0) is 20.4. The first-order chi connectivity index (χ1) is 14.1. The molecule has 0 unspecified atom stereocenters. The summed E-state index contributed by atoms with van der Waals surface area (Å²) in [7, 11) is 0. The van der Waals surface area contributed by atoms with E-state index in [9.17, 15) is 9.59 Å². The van der Waals surface area contributed by atoms with E-state index in [1.165, 1.54) is 6.42 Å². The molecule has 2 aliphatic heterocycles. The fourth-order valence-corrected chi connectivity index (χ4v) is 5.73. The van der Waals surface area contributed by atoms with E-state index < -0.39 is 5.54 Å². The van der Waals surface area contributed by atoms with Gasteiger partial charge in [0.15, 0.2) is 0 Å². The van der Waals surface area contributed by atoms with Crippen LogP contribution in [0.1, 0.15) is 87.1 Å². The van der Waals surface area contributed by atoms with Gasteiger partial charge in [0.05, 0.1) is 17.6 Å². The number of nitrogens with zero attached hydrogens (tertiary/aromatic N) is 1. The van der Waals surface area contributed by atoms with Crippen molar-refractivity contribution in [3.8, 4) is 0 Å². The van der Waals surface area contributed by atoms with Gasteiger partial charge in [-0.15, -0.1) is 0 Å². The van der Waals surface area contributed by atoms with E-state index in [0.717, 1.165) is 57.1 Å². The molecule has 0 aromatic heterocycles. The second-order valence-corrected chi connectivity index (χ2v) is 9.00. The molecule has 1 aliphatic carbocycles. The molecule has 1 saturated carbocycles. The number of ether oxygens (including phenoxy) is 1. The zero-order valence-corrected chi connectivity index (χ0v) is 17.8. The Kier molecular flexibility index (Phi) is 5.95. The van der Waals surface area contributed by atoms with Gasteiger partial charge in [-0.2, -0.15) is 0 Å². The highest BCUT2D eigenvalue weighted by atomic mass is 16.5. The molecule has 1 aromatic rings. The van der Waals surface area contributed by atoms with E-state index in [1.54, 1.807) is 0 Å². The monoisotopic (exact) mass is 398 g/mol. The van der Waals surface area contributed by atoms with E-state index in [1.807, 2.05) is 24.3 Å². The van der Waals surface area contributed by atoms with Crippen molar-refractivity contribution in [2.24, 2.45) is 0 Å². The van der Waals surface area contributed by atoms with Gasteiger partial charge in [-0.25, -0.2) is 0 Å². The van der Waals surface area contributed by atoms with Crippen LogP contribution in [0.2, 0.25) is 0 Å².